The van der Waals surface area contributed by atoms with Crippen LogP contribution in [-0.4, -0.2) is 48.7 Å². The number of hydrogen-bond acceptors (Lipinski definition) is 4. The molecule has 0 bridgehead atoms. The van der Waals surface area contributed by atoms with Crippen LogP contribution in [-0.2, 0) is 0 Å². The fourth-order valence-electron chi connectivity index (χ4n) is 1.35. The zero-order valence-corrected chi connectivity index (χ0v) is 12.4. The molecular weight excluding hydrogens is 260 g/mol. The summed E-state index contributed by atoms with van der Waals surface area (Å²) in [6.45, 7) is 5.52. The minimum Gasteiger partial charge on any atom is -0.384 e. The van der Waals surface area contributed by atoms with Crippen LogP contribution in [0, 0.1) is 11.8 Å². The summed E-state index contributed by atoms with van der Waals surface area (Å²) < 4.78 is 0. The van der Waals surface area contributed by atoms with Crippen LogP contribution in [0.15, 0.2) is 11.4 Å². The van der Waals surface area contributed by atoms with Gasteiger partial charge in [-0.25, -0.2) is 0 Å². The Morgan fingerprint density at radius 2 is 2.32 bits per heavy atom. The predicted molar refractivity (Wildman–Crippen MR) is 78.4 cm³/mol. The summed E-state index contributed by atoms with van der Waals surface area (Å²) in [5, 5.41) is 13.3. The lowest BCUT2D eigenvalue weighted by Crippen LogP contribution is -2.36. The highest BCUT2D eigenvalue weighted by Gasteiger charge is 2.08. The number of hydrogen-bond donors (Lipinski definition) is 2. The lowest BCUT2D eigenvalue weighted by Gasteiger charge is -2.20. The minimum atomic E-state index is -0.166. The maximum atomic E-state index is 11.9. The average molecular weight is 280 g/mol. The predicted octanol–water partition coefficient (Wildman–Crippen LogP) is 1.16. The standard InChI is InChI=1S/C14H20N2O2S/c1-11(2)16(3)7-6-15-14(18)12-9-13(19-10-12)5-4-8-17/h9-11,17H,6-8H2,1-3H3,(H,15,18). The second kappa shape index (κ2) is 7.95. The third-order valence-corrected chi connectivity index (χ3v) is 3.63. The normalized spacial score (nSPS) is 10.4. The molecule has 0 saturated heterocycles. The van der Waals surface area contributed by atoms with Gasteiger partial charge in [0, 0.05) is 24.5 Å². The summed E-state index contributed by atoms with van der Waals surface area (Å²) in [7, 11) is 2.03. The second-order valence-electron chi connectivity index (χ2n) is 4.49. The van der Waals surface area contributed by atoms with Gasteiger partial charge in [0.25, 0.3) is 5.91 Å². The van der Waals surface area contributed by atoms with E-state index in [-0.39, 0.29) is 12.5 Å². The molecule has 5 heteroatoms. The lowest BCUT2D eigenvalue weighted by molar-refractivity contribution is 0.0948. The third-order valence-electron chi connectivity index (χ3n) is 2.78. The number of thiophene rings is 1. The van der Waals surface area contributed by atoms with E-state index >= 15 is 0 Å². The van der Waals surface area contributed by atoms with Crippen molar-refractivity contribution in [1.82, 2.24) is 10.2 Å². The highest BCUT2D eigenvalue weighted by molar-refractivity contribution is 7.10. The molecular formula is C14H20N2O2S. The van der Waals surface area contributed by atoms with Gasteiger partial charge >= 0.3 is 0 Å². The minimum absolute atomic E-state index is 0.0783. The first-order valence-corrected chi connectivity index (χ1v) is 7.09. The van der Waals surface area contributed by atoms with Gasteiger partial charge in [-0.05, 0) is 27.0 Å². The van der Waals surface area contributed by atoms with E-state index in [4.69, 9.17) is 5.11 Å². The zero-order chi connectivity index (χ0) is 14.3. The molecule has 1 amide bonds. The second-order valence-corrected chi connectivity index (χ2v) is 5.40. The summed E-state index contributed by atoms with van der Waals surface area (Å²) in [4.78, 5) is 14.8. The van der Waals surface area contributed by atoms with Gasteiger partial charge in [0.05, 0.1) is 10.4 Å². The van der Waals surface area contributed by atoms with Crippen LogP contribution >= 0.6 is 11.3 Å². The number of carbonyl (C=O) groups is 1. The number of nitrogens with one attached hydrogen (secondary N) is 1. The van der Waals surface area contributed by atoms with E-state index in [2.05, 4.69) is 35.9 Å². The van der Waals surface area contributed by atoms with Crippen LogP contribution < -0.4 is 5.32 Å². The molecule has 0 saturated carbocycles. The van der Waals surface area contributed by atoms with Gasteiger partial charge in [-0.3, -0.25) is 4.79 Å². The van der Waals surface area contributed by atoms with Gasteiger partial charge in [-0.15, -0.1) is 11.3 Å². The van der Waals surface area contributed by atoms with Crippen LogP contribution in [0.4, 0.5) is 0 Å². The smallest absolute Gasteiger partial charge is 0.252 e. The van der Waals surface area contributed by atoms with Gasteiger partial charge in [0.2, 0.25) is 0 Å². The fourth-order valence-corrected chi connectivity index (χ4v) is 2.11. The lowest BCUT2D eigenvalue weighted by atomic mass is 10.3. The molecule has 0 radical (unpaired) electrons. The van der Waals surface area contributed by atoms with Crippen molar-refractivity contribution in [2.45, 2.75) is 19.9 Å². The first-order chi connectivity index (χ1) is 9.04. The topological polar surface area (TPSA) is 52.6 Å². The summed E-state index contributed by atoms with van der Waals surface area (Å²) >= 11 is 1.41. The molecule has 1 aromatic rings. The summed E-state index contributed by atoms with van der Waals surface area (Å²) in [6, 6.07) is 2.22. The first kappa shape index (κ1) is 15.7. The van der Waals surface area contributed by atoms with E-state index in [9.17, 15) is 4.79 Å². The van der Waals surface area contributed by atoms with Crippen molar-refractivity contribution in [2.24, 2.45) is 0 Å². The van der Waals surface area contributed by atoms with Crippen LogP contribution in [0.3, 0.4) is 0 Å². The maximum absolute atomic E-state index is 11.9. The molecule has 1 aromatic heterocycles. The van der Waals surface area contributed by atoms with Crippen molar-refractivity contribution < 1.29 is 9.90 Å². The van der Waals surface area contributed by atoms with Crippen molar-refractivity contribution in [3.05, 3.63) is 21.9 Å². The molecule has 0 fully saturated rings. The summed E-state index contributed by atoms with van der Waals surface area (Å²) in [6.07, 6.45) is 0. The largest absolute Gasteiger partial charge is 0.384 e. The van der Waals surface area contributed by atoms with Crippen molar-refractivity contribution in [3.63, 3.8) is 0 Å². The fraction of sp³-hybridized carbons (Fsp3) is 0.500. The van der Waals surface area contributed by atoms with Crippen molar-refractivity contribution in [1.29, 1.82) is 0 Å². The quantitative estimate of drug-likeness (QED) is 0.796. The van der Waals surface area contributed by atoms with Gasteiger partial charge in [-0.1, -0.05) is 11.8 Å². The van der Waals surface area contributed by atoms with E-state index in [1.165, 1.54) is 11.3 Å². The molecule has 0 aliphatic carbocycles. The summed E-state index contributed by atoms with van der Waals surface area (Å²) in [5.41, 5.74) is 0.624. The highest BCUT2D eigenvalue weighted by Crippen LogP contribution is 2.13. The van der Waals surface area contributed by atoms with Crippen molar-refractivity contribution in [2.75, 3.05) is 26.7 Å². The maximum Gasteiger partial charge on any atom is 0.252 e. The van der Waals surface area contributed by atoms with E-state index in [1.54, 1.807) is 11.4 Å². The number of nitrogens with zero attached hydrogens (tertiary/aromatic N) is 1. The molecule has 19 heavy (non-hydrogen) atoms. The van der Waals surface area contributed by atoms with Gasteiger partial charge in [0.15, 0.2) is 0 Å². The van der Waals surface area contributed by atoms with Gasteiger partial charge < -0.3 is 15.3 Å². The molecule has 0 aliphatic heterocycles. The Bertz CT molecular complexity index is 471. The number of aliphatic hydroxyl groups excluding tert-OH is 1. The monoisotopic (exact) mass is 280 g/mol. The number of carbonyl (C=O) groups excluding carboxylic acids is 1. The molecule has 4 nitrogen and oxygen atoms in total. The van der Waals surface area contributed by atoms with E-state index in [0.717, 1.165) is 11.4 Å². The molecule has 0 aliphatic rings. The van der Waals surface area contributed by atoms with Crippen LogP contribution in [0.5, 0.6) is 0 Å². The van der Waals surface area contributed by atoms with E-state index in [1.807, 2.05) is 7.05 Å². The molecule has 0 spiro atoms. The Morgan fingerprint density at radius 1 is 1.58 bits per heavy atom. The SMILES string of the molecule is CC(C)N(C)CCNC(=O)c1csc(C#CCO)c1. The molecule has 0 unspecified atom stereocenters. The van der Waals surface area contributed by atoms with E-state index in [0.29, 0.717) is 18.2 Å². The Morgan fingerprint density at radius 3 is 2.95 bits per heavy atom. The average Bonchev–Trinajstić information content (AvgIpc) is 2.84. The van der Waals surface area contributed by atoms with Crippen LogP contribution in [0.2, 0.25) is 0 Å². The van der Waals surface area contributed by atoms with Gasteiger partial charge in [-0.2, -0.15) is 0 Å². The molecule has 104 valence electrons. The Kier molecular flexibility index (Phi) is 6.57. The highest BCUT2D eigenvalue weighted by atomic mass is 32.1. The zero-order valence-electron chi connectivity index (χ0n) is 11.6. The Balaban J connectivity index is 2.43. The number of amides is 1. The molecule has 1 rings (SSSR count). The third kappa shape index (κ3) is 5.43. The number of likely N-dealkylation sites (N-methyl/N-ethyl adjacent to an activating group) is 1. The molecule has 2 N–H and O–H groups in total. The first-order valence-electron chi connectivity index (χ1n) is 6.21. The molecule has 0 aromatic carbocycles. The molecule has 0 atom stereocenters. The number of rotatable bonds is 5. The van der Waals surface area contributed by atoms with Crippen molar-refractivity contribution >= 4 is 17.2 Å². The van der Waals surface area contributed by atoms with Gasteiger partial charge in [0.1, 0.15) is 6.61 Å². The van der Waals surface area contributed by atoms with Crippen molar-refractivity contribution in [3.8, 4) is 11.8 Å². The van der Waals surface area contributed by atoms with Crippen LogP contribution in [0.1, 0.15) is 29.1 Å². The van der Waals surface area contributed by atoms with Crippen LogP contribution in [0.25, 0.3) is 0 Å². The number of aliphatic hydroxyl groups is 1. The Labute approximate surface area is 118 Å². The Hall–Kier alpha value is -1.35. The molecule has 1 heterocycles. The van der Waals surface area contributed by atoms with E-state index < -0.39 is 0 Å². The summed E-state index contributed by atoms with van der Waals surface area (Å²) in [5.74, 6) is 5.28.